The Bertz CT molecular complexity index is 636. The number of halogens is 1. The summed E-state index contributed by atoms with van der Waals surface area (Å²) in [6, 6.07) is 4.39. The summed E-state index contributed by atoms with van der Waals surface area (Å²) in [5.74, 6) is -1.62. The highest BCUT2D eigenvalue weighted by molar-refractivity contribution is 7.91. The highest BCUT2D eigenvalue weighted by Gasteiger charge is 2.27. The standard InChI is InChI=1S/C14H18FNO4S/c1-21(19,20)12-4-6-16(7-5-12)11-2-3-13(15)10(8-11)9-14(17)18/h2-3,8,12H,4-7,9H2,1H3,(H,17,18). The zero-order valence-electron chi connectivity index (χ0n) is 11.8. The summed E-state index contributed by atoms with van der Waals surface area (Å²) >= 11 is 0. The number of anilines is 1. The Morgan fingerprint density at radius 3 is 2.52 bits per heavy atom. The largest absolute Gasteiger partial charge is 0.481 e. The lowest BCUT2D eigenvalue weighted by atomic mass is 10.1. The van der Waals surface area contributed by atoms with E-state index in [-0.39, 0.29) is 17.2 Å². The van der Waals surface area contributed by atoms with Gasteiger partial charge >= 0.3 is 5.97 Å². The Hall–Kier alpha value is -1.63. The van der Waals surface area contributed by atoms with Crippen LogP contribution < -0.4 is 4.90 Å². The number of nitrogens with zero attached hydrogens (tertiary/aromatic N) is 1. The van der Waals surface area contributed by atoms with Crippen LogP contribution in [0.3, 0.4) is 0 Å². The van der Waals surface area contributed by atoms with E-state index in [9.17, 15) is 17.6 Å². The third-order valence-corrected chi connectivity index (χ3v) is 5.47. The molecule has 0 spiro atoms. The molecule has 5 nitrogen and oxygen atoms in total. The van der Waals surface area contributed by atoms with Gasteiger partial charge in [-0.15, -0.1) is 0 Å². The first-order valence-corrected chi connectivity index (χ1v) is 8.67. The van der Waals surface area contributed by atoms with E-state index in [0.29, 0.717) is 25.9 Å². The van der Waals surface area contributed by atoms with E-state index in [1.54, 1.807) is 6.07 Å². The van der Waals surface area contributed by atoms with Crippen molar-refractivity contribution in [2.45, 2.75) is 24.5 Å². The van der Waals surface area contributed by atoms with Crippen molar-refractivity contribution in [2.75, 3.05) is 24.2 Å². The SMILES string of the molecule is CS(=O)(=O)C1CCN(c2ccc(F)c(CC(=O)O)c2)CC1. The second-order valence-corrected chi connectivity index (χ2v) is 7.69. The molecule has 0 bridgehead atoms. The molecule has 7 heteroatoms. The van der Waals surface area contributed by atoms with Crippen LogP contribution in [0.25, 0.3) is 0 Å². The molecule has 0 saturated carbocycles. The van der Waals surface area contributed by atoms with Crippen LogP contribution in [0.4, 0.5) is 10.1 Å². The van der Waals surface area contributed by atoms with Gasteiger partial charge in [-0.2, -0.15) is 0 Å². The Balaban J connectivity index is 2.12. The first-order chi connectivity index (χ1) is 9.77. The smallest absolute Gasteiger partial charge is 0.307 e. The molecule has 0 atom stereocenters. The Kier molecular flexibility index (Phi) is 4.51. The van der Waals surface area contributed by atoms with Gasteiger partial charge in [0.25, 0.3) is 0 Å². The summed E-state index contributed by atoms with van der Waals surface area (Å²) in [6.45, 7) is 1.13. The van der Waals surface area contributed by atoms with Crippen LogP contribution in [0.1, 0.15) is 18.4 Å². The monoisotopic (exact) mass is 315 g/mol. The average Bonchev–Trinajstić information content (AvgIpc) is 2.40. The summed E-state index contributed by atoms with van der Waals surface area (Å²) in [5, 5.41) is 8.44. The summed E-state index contributed by atoms with van der Waals surface area (Å²) in [7, 11) is -3.03. The summed E-state index contributed by atoms with van der Waals surface area (Å²) in [6.07, 6.45) is 1.95. The molecule has 1 N–H and O–H groups in total. The minimum Gasteiger partial charge on any atom is -0.481 e. The van der Waals surface area contributed by atoms with Crippen LogP contribution in [0.2, 0.25) is 0 Å². The van der Waals surface area contributed by atoms with Crippen molar-refractivity contribution in [3.63, 3.8) is 0 Å². The van der Waals surface area contributed by atoms with Crippen LogP contribution in [0.15, 0.2) is 18.2 Å². The lowest BCUT2D eigenvalue weighted by Gasteiger charge is -2.33. The Morgan fingerprint density at radius 1 is 1.38 bits per heavy atom. The predicted molar refractivity (Wildman–Crippen MR) is 77.8 cm³/mol. The van der Waals surface area contributed by atoms with Gasteiger partial charge in [-0.3, -0.25) is 4.79 Å². The van der Waals surface area contributed by atoms with Crippen molar-refractivity contribution in [1.29, 1.82) is 0 Å². The summed E-state index contributed by atoms with van der Waals surface area (Å²) in [5.41, 5.74) is 0.879. The number of carbonyl (C=O) groups is 1. The number of carboxylic acid groups (broad SMARTS) is 1. The van der Waals surface area contributed by atoms with E-state index >= 15 is 0 Å². The number of hydrogen-bond acceptors (Lipinski definition) is 4. The maximum Gasteiger partial charge on any atom is 0.307 e. The van der Waals surface area contributed by atoms with Gasteiger partial charge in [-0.25, -0.2) is 12.8 Å². The second kappa shape index (κ2) is 6.01. The minimum atomic E-state index is -3.03. The topological polar surface area (TPSA) is 74.7 Å². The van der Waals surface area contributed by atoms with E-state index in [1.165, 1.54) is 18.4 Å². The molecule has 0 unspecified atom stereocenters. The van der Waals surface area contributed by atoms with Gasteiger partial charge in [0.05, 0.1) is 11.7 Å². The number of sulfone groups is 1. The lowest BCUT2D eigenvalue weighted by Crippen LogP contribution is -2.39. The van der Waals surface area contributed by atoms with Crippen LogP contribution >= 0.6 is 0 Å². The quantitative estimate of drug-likeness (QED) is 0.910. The molecule has 1 saturated heterocycles. The maximum atomic E-state index is 13.6. The lowest BCUT2D eigenvalue weighted by molar-refractivity contribution is -0.136. The number of benzene rings is 1. The van der Waals surface area contributed by atoms with Crippen molar-refractivity contribution in [1.82, 2.24) is 0 Å². The molecule has 0 aromatic heterocycles. The van der Waals surface area contributed by atoms with Crippen molar-refractivity contribution < 1.29 is 22.7 Å². The number of rotatable bonds is 4. The number of piperidine rings is 1. The Morgan fingerprint density at radius 2 is 2.00 bits per heavy atom. The fraction of sp³-hybridized carbons (Fsp3) is 0.500. The molecule has 2 rings (SSSR count). The fourth-order valence-electron chi connectivity index (χ4n) is 2.60. The number of aliphatic carboxylic acids is 1. The minimum absolute atomic E-state index is 0.144. The molecule has 0 aliphatic carbocycles. The molecule has 0 radical (unpaired) electrons. The fourth-order valence-corrected chi connectivity index (χ4v) is 3.67. The molecule has 1 fully saturated rings. The van der Waals surface area contributed by atoms with Gasteiger partial charge in [0.2, 0.25) is 0 Å². The van der Waals surface area contributed by atoms with Crippen LogP contribution in [-0.2, 0) is 21.1 Å². The van der Waals surface area contributed by atoms with Gasteiger partial charge in [0.15, 0.2) is 0 Å². The molecule has 1 aromatic rings. The van der Waals surface area contributed by atoms with E-state index in [0.717, 1.165) is 5.69 Å². The van der Waals surface area contributed by atoms with Crippen molar-refractivity contribution in [3.8, 4) is 0 Å². The van der Waals surface area contributed by atoms with Crippen LogP contribution in [0, 0.1) is 5.82 Å². The molecule has 1 aliphatic rings. The normalized spacial score (nSPS) is 17.0. The molecule has 21 heavy (non-hydrogen) atoms. The van der Waals surface area contributed by atoms with Gasteiger partial charge < -0.3 is 10.0 Å². The molecule has 116 valence electrons. The molecular formula is C14H18FNO4S. The van der Waals surface area contributed by atoms with Crippen molar-refractivity contribution in [3.05, 3.63) is 29.6 Å². The predicted octanol–water partition coefficient (Wildman–Crippen LogP) is 1.47. The highest BCUT2D eigenvalue weighted by atomic mass is 32.2. The van der Waals surface area contributed by atoms with Crippen LogP contribution in [-0.4, -0.2) is 44.1 Å². The summed E-state index contributed by atoms with van der Waals surface area (Å²) in [4.78, 5) is 12.7. The molecule has 1 heterocycles. The van der Waals surface area contributed by atoms with Gasteiger partial charge in [-0.1, -0.05) is 0 Å². The second-order valence-electron chi connectivity index (χ2n) is 5.36. The number of hydrogen-bond donors (Lipinski definition) is 1. The van der Waals surface area contributed by atoms with Crippen molar-refractivity contribution in [2.24, 2.45) is 0 Å². The number of carboxylic acids is 1. The summed E-state index contributed by atoms with van der Waals surface area (Å²) < 4.78 is 36.6. The third-order valence-electron chi connectivity index (χ3n) is 3.78. The molecular weight excluding hydrogens is 297 g/mol. The highest BCUT2D eigenvalue weighted by Crippen LogP contribution is 2.25. The first kappa shape index (κ1) is 15.8. The Labute approximate surface area is 123 Å². The molecule has 0 amide bonds. The first-order valence-electron chi connectivity index (χ1n) is 6.71. The third kappa shape index (κ3) is 3.93. The van der Waals surface area contributed by atoms with E-state index in [1.807, 2.05) is 4.90 Å². The van der Waals surface area contributed by atoms with Gasteiger partial charge in [0.1, 0.15) is 15.7 Å². The maximum absolute atomic E-state index is 13.6. The molecule has 1 aromatic carbocycles. The van der Waals surface area contributed by atoms with Gasteiger partial charge in [-0.05, 0) is 31.0 Å². The van der Waals surface area contributed by atoms with E-state index in [4.69, 9.17) is 5.11 Å². The van der Waals surface area contributed by atoms with E-state index in [2.05, 4.69) is 0 Å². The average molecular weight is 315 g/mol. The van der Waals surface area contributed by atoms with Crippen LogP contribution in [0.5, 0.6) is 0 Å². The van der Waals surface area contributed by atoms with E-state index < -0.39 is 21.6 Å². The zero-order chi connectivity index (χ0) is 15.6. The zero-order valence-corrected chi connectivity index (χ0v) is 12.6. The van der Waals surface area contributed by atoms with Crippen molar-refractivity contribution >= 4 is 21.5 Å². The van der Waals surface area contributed by atoms with Gasteiger partial charge in [0, 0.05) is 30.6 Å². The molecule has 1 aliphatic heterocycles.